The Kier molecular flexibility index (Phi) is 2.95. The zero-order valence-electron chi connectivity index (χ0n) is 9.00. The third-order valence-electron chi connectivity index (χ3n) is 2.40. The van der Waals surface area contributed by atoms with Crippen LogP contribution in [0.3, 0.4) is 0 Å². The maximum absolute atomic E-state index is 13.1. The first-order chi connectivity index (χ1) is 8.06. The monoisotopic (exact) mass is 237 g/mol. The van der Waals surface area contributed by atoms with E-state index in [2.05, 4.69) is 10.6 Å². The second-order valence-electron chi connectivity index (χ2n) is 3.93. The number of nitrogens with one attached hydrogen (secondary N) is 2. The standard InChI is InChI=1S/C11H12FN3O2/c12-9-4-3-7(5-8(9)10(13)16)15-11(17)14-6-1-2-6/h3-6H,1-2H2,(H2,13,16)(H2,14,15,17). The van der Waals surface area contributed by atoms with E-state index < -0.39 is 11.7 Å². The molecule has 1 aromatic carbocycles. The summed E-state index contributed by atoms with van der Waals surface area (Å²) in [5.74, 6) is -1.57. The van der Waals surface area contributed by atoms with Crippen LogP contribution >= 0.6 is 0 Å². The van der Waals surface area contributed by atoms with Gasteiger partial charge < -0.3 is 16.4 Å². The molecule has 17 heavy (non-hydrogen) atoms. The Labute approximate surface area is 97.2 Å². The van der Waals surface area contributed by atoms with Gasteiger partial charge in [0.05, 0.1) is 5.56 Å². The molecule has 1 saturated carbocycles. The highest BCUT2D eigenvalue weighted by Crippen LogP contribution is 2.19. The number of hydrogen-bond donors (Lipinski definition) is 3. The predicted octanol–water partition coefficient (Wildman–Crippen LogP) is 1.21. The smallest absolute Gasteiger partial charge is 0.319 e. The quantitative estimate of drug-likeness (QED) is 0.738. The Morgan fingerprint density at radius 1 is 1.35 bits per heavy atom. The first-order valence-corrected chi connectivity index (χ1v) is 5.23. The summed E-state index contributed by atoms with van der Waals surface area (Å²) in [4.78, 5) is 22.3. The van der Waals surface area contributed by atoms with Crippen molar-refractivity contribution < 1.29 is 14.0 Å². The number of amides is 3. The van der Waals surface area contributed by atoms with E-state index in [1.807, 2.05) is 0 Å². The van der Waals surface area contributed by atoms with E-state index in [9.17, 15) is 14.0 Å². The van der Waals surface area contributed by atoms with E-state index in [-0.39, 0.29) is 17.6 Å². The topological polar surface area (TPSA) is 84.2 Å². The zero-order chi connectivity index (χ0) is 12.4. The second kappa shape index (κ2) is 4.40. The number of rotatable bonds is 3. The predicted molar refractivity (Wildman–Crippen MR) is 60.1 cm³/mol. The van der Waals surface area contributed by atoms with Crippen LogP contribution < -0.4 is 16.4 Å². The lowest BCUT2D eigenvalue weighted by molar-refractivity contribution is 0.0996. The summed E-state index contributed by atoms with van der Waals surface area (Å²) >= 11 is 0. The number of carbonyl (C=O) groups is 2. The molecule has 1 fully saturated rings. The van der Waals surface area contributed by atoms with E-state index in [0.717, 1.165) is 18.9 Å². The Morgan fingerprint density at radius 2 is 2.06 bits per heavy atom. The molecule has 6 heteroatoms. The Morgan fingerprint density at radius 3 is 2.65 bits per heavy atom. The maximum atomic E-state index is 13.1. The first-order valence-electron chi connectivity index (χ1n) is 5.23. The SMILES string of the molecule is NC(=O)c1cc(NC(=O)NC2CC2)ccc1F. The number of primary amides is 1. The van der Waals surface area contributed by atoms with Crippen LogP contribution in [0.15, 0.2) is 18.2 Å². The first kappa shape index (κ1) is 11.4. The van der Waals surface area contributed by atoms with Gasteiger partial charge in [0.25, 0.3) is 5.91 Å². The summed E-state index contributed by atoms with van der Waals surface area (Å²) in [5.41, 5.74) is 5.09. The van der Waals surface area contributed by atoms with Gasteiger partial charge in [0.2, 0.25) is 0 Å². The van der Waals surface area contributed by atoms with E-state index in [4.69, 9.17) is 5.73 Å². The average Bonchev–Trinajstić information content (AvgIpc) is 3.04. The highest BCUT2D eigenvalue weighted by atomic mass is 19.1. The van der Waals surface area contributed by atoms with Gasteiger partial charge in [-0.05, 0) is 31.0 Å². The molecule has 0 unspecified atom stereocenters. The largest absolute Gasteiger partial charge is 0.366 e. The van der Waals surface area contributed by atoms with Crippen LogP contribution in [0.4, 0.5) is 14.9 Å². The van der Waals surface area contributed by atoms with E-state index in [0.29, 0.717) is 5.69 Å². The van der Waals surface area contributed by atoms with Gasteiger partial charge in [0.15, 0.2) is 0 Å². The van der Waals surface area contributed by atoms with Crippen LogP contribution in [0, 0.1) is 5.82 Å². The molecule has 0 atom stereocenters. The molecule has 5 nitrogen and oxygen atoms in total. The van der Waals surface area contributed by atoms with Gasteiger partial charge in [-0.3, -0.25) is 4.79 Å². The minimum absolute atomic E-state index is 0.228. The lowest BCUT2D eigenvalue weighted by Gasteiger charge is -2.07. The summed E-state index contributed by atoms with van der Waals surface area (Å²) in [6.45, 7) is 0. The van der Waals surface area contributed by atoms with Crippen molar-refractivity contribution in [3.8, 4) is 0 Å². The molecule has 3 amide bonds. The molecule has 1 aliphatic rings. The molecule has 1 aromatic rings. The van der Waals surface area contributed by atoms with Crippen molar-refractivity contribution in [1.29, 1.82) is 0 Å². The molecule has 0 aliphatic heterocycles. The lowest BCUT2D eigenvalue weighted by Crippen LogP contribution is -2.30. The lowest BCUT2D eigenvalue weighted by atomic mass is 10.2. The van der Waals surface area contributed by atoms with Crippen molar-refractivity contribution in [2.75, 3.05) is 5.32 Å². The van der Waals surface area contributed by atoms with Crippen LogP contribution in [-0.2, 0) is 0 Å². The third kappa shape index (κ3) is 2.93. The van der Waals surface area contributed by atoms with Crippen LogP contribution in [0.2, 0.25) is 0 Å². The number of anilines is 1. The van der Waals surface area contributed by atoms with Gasteiger partial charge in [-0.25, -0.2) is 9.18 Å². The van der Waals surface area contributed by atoms with Crippen LogP contribution in [-0.4, -0.2) is 18.0 Å². The van der Waals surface area contributed by atoms with E-state index >= 15 is 0 Å². The molecule has 0 radical (unpaired) electrons. The number of carbonyl (C=O) groups excluding carboxylic acids is 2. The van der Waals surface area contributed by atoms with Crippen molar-refractivity contribution in [2.45, 2.75) is 18.9 Å². The average molecular weight is 237 g/mol. The Balaban J connectivity index is 2.07. The molecule has 1 aliphatic carbocycles. The molecule has 0 heterocycles. The van der Waals surface area contributed by atoms with Crippen LogP contribution in [0.1, 0.15) is 23.2 Å². The Hall–Kier alpha value is -2.11. The summed E-state index contributed by atoms with van der Waals surface area (Å²) < 4.78 is 13.1. The molecular formula is C11H12FN3O2. The number of nitrogens with two attached hydrogens (primary N) is 1. The maximum Gasteiger partial charge on any atom is 0.319 e. The normalized spacial score (nSPS) is 14.2. The molecule has 90 valence electrons. The van der Waals surface area contributed by atoms with Crippen molar-refractivity contribution in [3.05, 3.63) is 29.6 Å². The molecule has 0 saturated heterocycles. The van der Waals surface area contributed by atoms with Crippen molar-refractivity contribution in [1.82, 2.24) is 5.32 Å². The highest BCUT2D eigenvalue weighted by Gasteiger charge is 2.23. The number of benzene rings is 1. The second-order valence-corrected chi connectivity index (χ2v) is 3.93. The molecule has 4 N–H and O–H groups in total. The summed E-state index contributed by atoms with van der Waals surface area (Å²) in [6.07, 6.45) is 1.95. The highest BCUT2D eigenvalue weighted by molar-refractivity contribution is 5.96. The van der Waals surface area contributed by atoms with Gasteiger partial charge in [-0.1, -0.05) is 0 Å². The van der Waals surface area contributed by atoms with Gasteiger partial charge in [-0.2, -0.15) is 0 Å². The fourth-order valence-electron chi connectivity index (χ4n) is 1.37. The van der Waals surface area contributed by atoms with Gasteiger partial charge in [0, 0.05) is 11.7 Å². The number of urea groups is 1. The molecule has 0 bridgehead atoms. The molecule has 2 rings (SSSR count). The minimum atomic E-state index is -0.867. The summed E-state index contributed by atoms with van der Waals surface area (Å²) in [7, 11) is 0. The fourth-order valence-corrected chi connectivity index (χ4v) is 1.37. The third-order valence-corrected chi connectivity index (χ3v) is 2.40. The van der Waals surface area contributed by atoms with Gasteiger partial charge in [-0.15, -0.1) is 0 Å². The van der Waals surface area contributed by atoms with Crippen molar-refractivity contribution in [3.63, 3.8) is 0 Å². The molecule has 0 aromatic heterocycles. The minimum Gasteiger partial charge on any atom is -0.366 e. The van der Waals surface area contributed by atoms with Gasteiger partial charge >= 0.3 is 6.03 Å². The van der Waals surface area contributed by atoms with Crippen LogP contribution in [0.25, 0.3) is 0 Å². The zero-order valence-corrected chi connectivity index (χ0v) is 9.00. The van der Waals surface area contributed by atoms with Gasteiger partial charge in [0.1, 0.15) is 5.82 Å². The number of hydrogen-bond acceptors (Lipinski definition) is 2. The number of halogens is 1. The van der Waals surface area contributed by atoms with E-state index in [1.165, 1.54) is 12.1 Å². The Bertz CT molecular complexity index is 472. The van der Waals surface area contributed by atoms with E-state index in [1.54, 1.807) is 0 Å². The van der Waals surface area contributed by atoms with Crippen LogP contribution in [0.5, 0.6) is 0 Å². The molecular weight excluding hydrogens is 225 g/mol. The van der Waals surface area contributed by atoms with Crippen molar-refractivity contribution in [2.24, 2.45) is 5.73 Å². The van der Waals surface area contributed by atoms with Crippen molar-refractivity contribution >= 4 is 17.6 Å². The summed E-state index contributed by atoms with van der Waals surface area (Å²) in [5, 5.41) is 5.22. The molecule has 0 spiro atoms. The fraction of sp³-hybridized carbons (Fsp3) is 0.273. The summed E-state index contributed by atoms with van der Waals surface area (Å²) in [6, 6.07) is 3.53.